The van der Waals surface area contributed by atoms with Gasteiger partial charge in [-0.2, -0.15) is 0 Å². The minimum absolute atomic E-state index is 0.537. The van der Waals surface area contributed by atoms with Gasteiger partial charge in [0.25, 0.3) is 0 Å². The highest BCUT2D eigenvalue weighted by molar-refractivity contribution is 5.01. The Morgan fingerprint density at radius 2 is 1.84 bits per heavy atom. The van der Waals surface area contributed by atoms with Gasteiger partial charge in [0.15, 0.2) is 0 Å². The zero-order valence-corrected chi connectivity index (χ0v) is 13.0. The second kappa shape index (κ2) is 5.73. The van der Waals surface area contributed by atoms with Crippen molar-refractivity contribution in [2.24, 2.45) is 5.92 Å². The maximum absolute atomic E-state index is 3.90. The first kappa shape index (κ1) is 13.9. The van der Waals surface area contributed by atoms with Crippen molar-refractivity contribution < 1.29 is 0 Å². The molecule has 19 heavy (non-hydrogen) atoms. The van der Waals surface area contributed by atoms with Gasteiger partial charge in [0.05, 0.1) is 0 Å². The van der Waals surface area contributed by atoms with Gasteiger partial charge in [-0.15, -0.1) is 0 Å². The lowest BCUT2D eigenvalue weighted by Crippen LogP contribution is -2.66. The summed E-state index contributed by atoms with van der Waals surface area (Å²) in [5, 5.41) is 3.90. The van der Waals surface area contributed by atoms with Crippen molar-refractivity contribution in [3.8, 4) is 0 Å². The first-order chi connectivity index (χ1) is 9.23. The van der Waals surface area contributed by atoms with Crippen LogP contribution in [0.5, 0.6) is 0 Å². The van der Waals surface area contributed by atoms with Crippen LogP contribution >= 0.6 is 0 Å². The number of hydrogen-bond donors (Lipinski definition) is 1. The lowest BCUT2D eigenvalue weighted by molar-refractivity contribution is -0.0385. The molecule has 1 aliphatic heterocycles. The molecule has 1 N–H and O–H groups in total. The second-order valence-electron chi connectivity index (χ2n) is 7.48. The molecule has 1 saturated heterocycles. The van der Waals surface area contributed by atoms with Crippen LogP contribution < -0.4 is 5.32 Å². The van der Waals surface area contributed by atoms with Crippen LogP contribution in [0.3, 0.4) is 0 Å². The number of nitrogens with one attached hydrogen (secondary N) is 1. The predicted molar refractivity (Wildman–Crippen MR) is 81.4 cm³/mol. The van der Waals surface area contributed by atoms with E-state index in [1.807, 2.05) is 0 Å². The Kier molecular flexibility index (Phi) is 4.19. The molecule has 0 aromatic rings. The minimum Gasteiger partial charge on any atom is -0.311 e. The minimum atomic E-state index is 0.537. The highest BCUT2D eigenvalue weighted by atomic mass is 15.3. The third-order valence-corrected chi connectivity index (χ3v) is 6.26. The van der Waals surface area contributed by atoms with Gasteiger partial charge in [-0.05, 0) is 51.4 Å². The predicted octanol–water partition coefficient (Wildman–Crippen LogP) is 3.56. The van der Waals surface area contributed by atoms with Gasteiger partial charge < -0.3 is 5.32 Å². The first-order valence-corrected chi connectivity index (χ1v) is 8.73. The summed E-state index contributed by atoms with van der Waals surface area (Å²) in [6.07, 6.45) is 13.0. The van der Waals surface area contributed by atoms with Gasteiger partial charge in [0.1, 0.15) is 0 Å². The van der Waals surface area contributed by atoms with Crippen molar-refractivity contribution in [3.05, 3.63) is 0 Å². The van der Waals surface area contributed by atoms with Crippen LogP contribution in [0.15, 0.2) is 0 Å². The number of hydrogen-bond acceptors (Lipinski definition) is 2. The molecule has 0 aromatic carbocycles. The van der Waals surface area contributed by atoms with Crippen LogP contribution in [0.4, 0.5) is 0 Å². The van der Waals surface area contributed by atoms with Gasteiger partial charge >= 0.3 is 0 Å². The standard InChI is InChI=1S/C17H32N2/c1-3-15-12-18-16(14-8-5-4-6-9-14)13-19(15)17(2)10-7-11-17/h14-16,18H,3-13H2,1-2H3. The third-order valence-electron chi connectivity index (χ3n) is 6.26. The topological polar surface area (TPSA) is 15.3 Å². The Hall–Kier alpha value is -0.0800. The SMILES string of the molecule is CCC1CNC(C2CCCCC2)CN1C1(C)CCC1. The Labute approximate surface area is 119 Å². The van der Waals surface area contributed by atoms with Crippen molar-refractivity contribution in [1.29, 1.82) is 0 Å². The maximum atomic E-state index is 3.90. The smallest absolute Gasteiger partial charge is 0.0224 e. The fraction of sp³-hybridized carbons (Fsp3) is 1.00. The van der Waals surface area contributed by atoms with Crippen molar-refractivity contribution in [2.45, 2.75) is 89.3 Å². The Morgan fingerprint density at radius 3 is 2.42 bits per heavy atom. The van der Waals surface area contributed by atoms with Crippen LogP contribution in [0.25, 0.3) is 0 Å². The van der Waals surface area contributed by atoms with E-state index in [0.29, 0.717) is 5.54 Å². The molecule has 1 heterocycles. The molecule has 3 aliphatic rings. The molecular weight excluding hydrogens is 232 g/mol. The zero-order valence-electron chi connectivity index (χ0n) is 13.0. The summed E-state index contributed by atoms with van der Waals surface area (Å²) in [7, 11) is 0. The van der Waals surface area contributed by atoms with E-state index in [9.17, 15) is 0 Å². The van der Waals surface area contributed by atoms with Gasteiger partial charge in [-0.1, -0.05) is 26.2 Å². The normalized spacial score (nSPS) is 36.9. The summed E-state index contributed by atoms with van der Waals surface area (Å²) >= 11 is 0. The molecule has 2 nitrogen and oxygen atoms in total. The first-order valence-electron chi connectivity index (χ1n) is 8.73. The van der Waals surface area contributed by atoms with E-state index in [4.69, 9.17) is 0 Å². The van der Waals surface area contributed by atoms with E-state index >= 15 is 0 Å². The molecule has 0 aromatic heterocycles. The summed E-state index contributed by atoms with van der Waals surface area (Å²) in [6, 6.07) is 1.56. The molecule has 3 fully saturated rings. The maximum Gasteiger partial charge on any atom is 0.0224 e. The average molecular weight is 264 g/mol. The summed E-state index contributed by atoms with van der Waals surface area (Å²) < 4.78 is 0. The van der Waals surface area contributed by atoms with Gasteiger partial charge in [0, 0.05) is 30.7 Å². The lowest BCUT2D eigenvalue weighted by atomic mass is 9.74. The molecule has 3 rings (SSSR count). The number of rotatable bonds is 3. The van der Waals surface area contributed by atoms with Gasteiger partial charge in [0.2, 0.25) is 0 Å². The van der Waals surface area contributed by atoms with Crippen LogP contribution in [0.1, 0.15) is 71.6 Å². The largest absolute Gasteiger partial charge is 0.311 e. The second-order valence-corrected chi connectivity index (χ2v) is 7.48. The van der Waals surface area contributed by atoms with E-state index in [1.54, 1.807) is 0 Å². The number of piperazine rings is 1. The fourth-order valence-electron chi connectivity index (χ4n) is 4.68. The van der Waals surface area contributed by atoms with Crippen molar-refractivity contribution in [1.82, 2.24) is 10.2 Å². The fourth-order valence-corrected chi connectivity index (χ4v) is 4.68. The van der Waals surface area contributed by atoms with E-state index in [-0.39, 0.29) is 0 Å². The summed E-state index contributed by atoms with van der Waals surface area (Å²) in [5.41, 5.74) is 0.537. The van der Waals surface area contributed by atoms with Crippen molar-refractivity contribution in [2.75, 3.05) is 13.1 Å². The van der Waals surface area contributed by atoms with Gasteiger partial charge in [-0.25, -0.2) is 0 Å². The molecule has 110 valence electrons. The third kappa shape index (κ3) is 2.71. The van der Waals surface area contributed by atoms with Crippen LogP contribution in [-0.2, 0) is 0 Å². The highest BCUT2D eigenvalue weighted by Crippen LogP contribution is 2.40. The monoisotopic (exact) mass is 264 g/mol. The Bertz CT molecular complexity index is 292. The highest BCUT2D eigenvalue weighted by Gasteiger charge is 2.44. The summed E-state index contributed by atoms with van der Waals surface area (Å²) in [4.78, 5) is 2.90. The quantitative estimate of drug-likeness (QED) is 0.838. The Morgan fingerprint density at radius 1 is 1.11 bits per heavy atom. The van der Waals surface area contributed by atoms with E-state index in [2.05, 4.69) is 24.1 Å². The van der Waals surface area contributed by atoms with E-state index in [0.717, 1.165) is 18.0 Å². The molecular formula is C17H32N2. The van der Waals surface area contributed by atoms with E-state index < -0.39 is 0 Å². The van der Waals surface area contributed by atoms with Crippen LogP contribution in [0.2, 0.25) is 0 Å². The molecule has 2 heteroatoms. The summed E-state index contributed by atoms with van der Waals surface area (Å²) in [6.45, 7) is 7.43. The molecule has 2 unspecified atom stereocenters. The zero-order chi connectivity index (χ0) is 13.3. The van der Waals surface area contributed by atoms with Crippen LogP contribution in [0, 0.1) is 5.92 Å². The van der Waals surface area contributed by atoms with Gasteiger partial charge in [-0.3, -0.25) is 4.90 Å². The molecule has 2 aliphatic carbocycles. The van der Waals surface area contributed by atoms with Crippen molar-refractivity contribution >= 4 is 0 Å². The average Bonchev–Trinajstić information content (AvgIpc) is 2.45. The summed E-state index contributed by atoms with van der Waals surface area (Å²) in [5.74, 6) is 0.956. The molecule has 2 atom stereocenters. The van der Waals surface area contributed by atoms with Crippen molar-refractivity contribution in [3.63, 3.8) is 0 Å². The molecule has 0 spiro atoms. The molecule has 0 amide bonds. The molecule has 2 saturated carbocycles. The Balaban J connectivity index is 1.66. The van der Waals surface area contributed by atoms with E-state index in [1.165, 1.54) is 70.9 Å². The number of nitrogens with zero attached hydrogens (tertiary/aromatic N) is 1. The molecule has 0 radical (unpaired) electrons. The lowest BCUT2D eigenvalue weighted by Gasteiger charge is -2.56. The van der Waals surface area contributed by atoms with Crippen LogP contribution in [-0.4, -0.2) is 35.6 Å². The molecule has 0 bridgehead atoms.